The number of nitrogens with one attached hydrogen (secondary N) is 1. The van der Waals surface area contributed by atoms with Gasteiger partial charge in [-0.3, -0.25) is 0 Å². The van der Waals surface area contributed by atoms with Gasteiger partial charge in [-0.2, -0.15) is 0 Å². The molecule has 1 aromatic heterocycles. The maximum atomic E-state index is 12.5. The number of hydrogen-bond donors (Lipinski definition) is 1. The lowest BCUT2D eigenvalue weighted by Crippen LogP contribution is -2.26. The molecule has 0 amide bonds. The van der Waals surface area contributed by atoms with Crippen LogP contribution in [0.3, 0.4) is 0 Å². The first kappa shape index (κ1) is 24.4. The van der Waals surface area contributed by atoms with Gasteiger partial charge in [0.1, 0.15) is 17.4 Å². The number of rotatable bonds is 11. The standard InChI is InChI=1S/C22H26N2O5S3/c1-3-31(25,26)15-14-29-20-8-10-21(11-9-20)32(27,28)23-13-12-19-16-30-22(24-19)18-6-4-17(2)5-7-18/h4-11,16,23H,3,12-15H2,1-2H3. The van der Waals surface area contributed by atoms with Crippen LogP contribution in [0.2, 0.25) is 0 Å². The molecule has 0 aliphatic carbocycles. The van der Waals surface area contributed by atoms with Gasteiger partial charge in [0.15, 0.2) is 9.84 Å². The maximum Gasteiger partial charge on any atom is 0.240 e. The molecule has 2 aromatic carbocycles. The number of aromatic nitrogens is 1. The van der Waals surface area contributed by atoms with Crippen LogP contribution in [0.25, 0.3) is 10.6 Å². The molecule has 0 bridgehead atoms. The van der Waals surface area contributed by atoms with Crippen molar-refractivity contribution in [1.29, 1.82) is 0 Å². The van der Waals surface area contributed by atoms with E-state index in [9.17, 15) is 16.8 Å². The van der Waals surface area contributed by atoms with Crippen molar-refractivity contribution >= 4 is 31.2 Å². The molecule has 32 heavy (non-hydrogen) atoms. The number of sulfonamides is 1. The van der Waals surface area contributed by atoms with Crippen LogP contribution in [0.5, 0.6) is 5.75 Å². The van der Waals surface area contributed by atoms with E-state index in [1.165, 1.54) is 41.2 Å². The molecule has 0 radical (unpaired) electrons. The largest absolute Gasteiger partial charge is 0.493 e. The molecule has 172 valence electrons. The summed E-state index contributed by atoms with van der Waals surface area (Å²) in [7, 11) is -6.78. The predicted molar refractivity (Wildman–Crippen MR) is 127 cm³/mol. The van der Waals surface area contributed by atoms with Gasteiger partial charge in [0, 0.05) is 29.7 Å². The number of benzene rings is 2. The lowest BCUT2D eigenvalue weighted by atomic mass is 10.2. The topological polar surface area (TPSA) is 102 Å². The van der Waals surface area contributed by atoms with E-state index in [4.69, 9.17) is 4.74 Å². The average molecular weight is 495 g/mol. The number of aryl methyl sites for hydroxylation is 1. The lowest BCUT2D eigenvalue weighted by molar-refractivity contribution is 0.340. The van der Waals surface area contributed by atoms with E-state index in [-0.39, 0.29) is 29.6 Å². The van der Waals surface area contributed by atoms with E-state index in [0.717, 1.165) is 16.3 Å². The summed E-state index contributed by atoms with van der Waals surface area (Å²) in [5, 5.41) is 2.85. The van der Waals surface area contributed by atoms with Gasteiger partial charge < -0.3 is 4.74 Å². The molecule has 10 heteroatoms. The second kappa shape index (κ2) is 10.6. The van der Waals surface area contributed by atoms with Crippen LogP contribution < -0.4 is 9.46 Å². The molecule has 7 nitrogen and oxygen atoms in total. The van der Waals surface area contributed by atoms with Gasteiger partial charge >= 0.3 is 0 Å². The van der Waals surface area contributed by atoms with E-state index in [1.54, 1.807) is 6.92 Å². The summed E-state index contributed by atoms with van der Waals surface area (Å²) < 4.78 is 56.0. The van der Waals surface area contributed by atoms with Crippen LogP contribution in [0.15, 0.2) is 58.8 Å². The molecule has 0 saturated heterocycles. The van der Waals surface area contributed by atoms with E-state index >= 15 is 0 Å². The number of nitrogens with zero attached hydrogens (tertiary/aromatic N) is 1. The van der Waals surface area contributed by atoms with Gasteiger partial charge in [0.05, 0.1) is 16.3 Å². The molecule has 0 saturated carbocycles. The molecule has 0 atom stereocenters. The Balaban J connectivity index is 1.51. The van der Waals surface area contributed by atoms with Crippen LogP contribution in [-0.2, 0) is 26.3 Å². The Morgan fingerprint density at radius 1 is 1.00 bits per heavy atom. The van der Waals surface area contributed by atoms with Crippen molar-refractivity contribution in [3.63, 3.8) is 0 Å². The highest BCUT2D eigenvalue weighted by atomic mass is 32.2. The van der Waals surface area contributed by atoms with Crippen molar-refractivity contribution in [1.82, 2.24) is 9.71 Å². The third kappa shape index (κ3) is 6.86. The lowest BCUT2D eigenvalue weighted by Gasteiger charge is -2.09. The Kier molecular flexibility index (Phi) is 8.05. The van der Waals surface area contributed by atoms with Crippen molar-refractivity contribution < 1.29 is 21.6 Å². The minimum Gasteiger partial charge on any atom is -0.493 e. The molecule has 1 heterocycles. The van der Waals surface area contributed by atoms with E-state index in [0.29, 0.717) is 12.2 Å². The first-order chi connectivity index (χ1) is 15.2. The van der Waals surface area contributed by atoms with Crippen LogP contribution >= 0.6 is 11.3 Å². The van der Waals surface area contributed by atoms with Crippen molar-refractivity contribution in [2.75, 3.05) is 24.7 Å². The van der Waals surface area contributed by atoms with E-state index < -0.39 is 19.9 Å². The molecule has 3 rings (SSSR count). The maximum absolute atomic E-state index is 12.5. The fraction of sp³-hybridized carbons (Fsp3) is 0.318. The highest BCUT2D eigenvalue weighted by Crippen LogP contribution is 2.24. The Morgan fingerprint density at radius 3 is 2.34 bits per heavy atom. The predicted octanol–water partition coefficient (Wildman–Crippen LogP) is 3.45. The van der Waals surface area contributed by atoms with Gasteiger partial charge in [-0.25, -0.2) is 26.5 Å². The third-order valence-electron chi connectivity index (χ3n) is 4.76. The zero-order chi connectivity index (χ0) is 23.2. The fourth-order valence-corrected chi connectivity index (χ4v) is 5.31. The van der Waals surface area contributed by atoms with Crippen LogP contribution in [0, 0.1) is 6.92 Å². The minimum atomic E-state index is -3.67. The summed E-state index contributed by atoms with van der Waals surface area (Å²) in [5.41, 5.74) is 3.06. The summed E-state index contributed by atoms with van der Waals surface area (Å²) in [6, 6.07) is 14.0. The van der Waals surface area contributed by atoms with Gasteiger partial charge in [0.2, 0.25) is 10.0 Å². The minimum absolute atomic E-state index is 0.0265. The van der Waals surface area contributed by atoms with Gasteiger partial charge in [-0.15, -0.1) is 11.3 Å². The molecular formula is C22H26N2O5S3. The van der Waals surface area contributed by atoms with Gasteiger partial charge in [-0.05, 0) is 31.2 Å². The second-order valence-corrected chi connectivity index (χ2v) is 12.3. The summed E-state index contributed by atoms with van der Waals surface area (Å²) in [6.07, 6.45) is 0.481. The summed E-state index contributed by atoms with van der Waals surface area (Å²) >= 11 is 1.53. The Labute approximate surface area is 193 Å². The monoisotopic (exact) mass is 494 g/mol. The van der Waals surface area contributed by atoms with Gasteiger partial charge in [-0.1, -0.05) is 36.8 Å². The molecule has 0 spiro atoms. The third-order valence-corrected chi connectivity index (χ3v) is 8.85. The zero-order valence-electron chi connectivity index (χ0n) is 17.9. The number of thiazole rings is 1. The van der Waals surface area contributed by atoms with Crippen molar-refractivity contribution in [3.05, 3.63) is 65.2 Å². The van der Waals surface area contributed by atoms with Crippen molar-refractivity contribution in [2.24, 2.45) is 0 Å². The average Bonchev–Trinajstić information content (AvgIpc) is 3.23. The Bertz CT molecular complexity index is 1230. The van der Waals surface area contributed by atoms with Crippen LogP contribution in [0.1, 0.15) is 18.2 Å². The van der Waals surface area contributed by atoms with Crippen LogP contribution in [0.4, 0.5) is 0 Å². The summed E-state index contributed by atoms with van der Waals surface area (Å²) in [5.74, 6) is 0.405. The molecule has 0 aliphatic heterocycles. The van der Waals surface area contributed by atoms with E-state index in [1.807, 2.05) is 36.6 Å². The number of sulfone groups is 1. The molecule has 0 unspecified atom stereocenters. The quantitative estimate of drug-likeness (QED) is 0.438. The SMILES string of the molecule is CCS(=O)(=O)CCOc1ccc(S(=O)(=O)NCCc2csc(-c3ccc(C)cc3)n2)cc1. The van der Waals surface area contributed by atoms with E-state index in [2.05, 4.69) is 9.71 Å². The highest BCUT2D eigenvalue weighted by molar-refractivity contribution is 7.91. The smallest absolute Gasteiger partial charge is 0.240 e. The molecule has 3 aromatic rings. The first-order valence-electron chi connectivity index (χ1n) is 10.1. The summed E-state index contributed by atoms with van der Waals surface area (Å²) in [4.78, 5) is 4.71. The molecule has 1 N–H and O–H groups in total. The highest BCUT2D eigenvalue weighted by Gasteiger charge is 2.14. The summed E-state index contributed by atoms with van der Waals surface area (Å²) in [6.45, 7) is 3.87. The zero-order valence-corrected chi connectivity index (χ0v) is 20.4. The number of ether oxygens (including phenoxy) is 1. The normalized spacial score (nSPS) is 12.1. The molecule has 0 fully saturated rings. The van der Waals surface area contributed by atoms with Gasteiger partial charge in [0.25, 0.3) is 0 Å². The Hall–Kier alpha value is -2.27. The first-order valence-corrected chi connectivity index (χ1v) is 14.3. The fourth-order valence-electron chi connectivity index (χ4n) is 2.79. The Morgan fingerprint density at radius 2 is 1.69 bits per heavy atom. The molecule has 0 aliphatic rings. The van der Waals surface area contributed by atoms with Crippen molar-refractivity contribution in [3.8, 4) is 16.3 Å². The van der Waals surface area contributed by atoms with Crippen molar-refractivity contribution in [2.45, 2.75) is 25.2 Å². The molecular weight excluding hydrogens is 468 g/mol. The van der Waals surface area contributed by atoms with Crippen LogP contribution in [-0.4, -0.2) is 46.5 Å². The number of hydrogen-bond acceptors (Lipinski definition) is 7. The second-order valence-electron chi connectivity index (χ2n) is 7.21.